The minimum atomic E-state index is 0. The van der Waals surface area contributed by atoms with Gasteiger partial charge in [-0.15, -0.1) is 12.4 Å². The number of halogens is 1. The maximum atomic E-state index is 8.87. The standard InChI is InChI=1S/C18H23NO3.ClH/c1-14-6-8-15(9-7-14)13-22-18-16(12-19-10-11-20)4-3-5-17(18)21-2;/h3-9,19-20H,10-13H2,1-2H3;1H. The number of nitrogens with one attached hydrogen (secondary N) is 1. The summed E-state index contributed by atoms with van der Waals surface area (Å²) in [4.78, 5) is 0. The minimum Gasteiger partial charge on any atom is -0.493 e. The monoisotopic (exact) mass is 337 g/mol. The van der Waals surface area contributed by atoms with E-state index in [1.54, 1.807) is 7.11 Å². The molecule has 2 aromatic carbocycles. The van der Waals surface area contributed by atoms with E-state index in [1.807, 2.05) is 18.2 Å². The van der Waals surface area contributed by atoms with Crippen molar-refractivity contribution in [3.05, 3.63) is 59.2 Å². The third kappa shape index (κ3) is 5.75. The van der Waals surface area contributed by atoms with Crippen LogP contribution in [-0.2, 0) is 13.2 Å². The van der Waals surface area contributed by atoms with Crippen LogP contribution in [0.4, 0.5) is 0 Å². The number of hydrogen-bond donors (Lipinski definition) is 2. The molecule has 0 bridgehead atoms. The van der Waals surface area contributed by atoms with Crippen LogP contribution in [0.15, 0.2) is 42.5 Å². The molecule has 0 spiro atoms. The Morgan fingerprint density at radius 1 is 1.09 bits per heavy atom. The second-order valence-corrected chi connectivity index (χ2v) is 5.12. The predicted molar refractivity (Wildman–Crippen MR) is 94.5 cm³/mol. The number of aliphatic hydroxyl groups is 1. The Hall–Kier alpha value is -1.75. The average molecular weight is 338 g/mol. The molecule has 0 heterocycles. The number of ether oxygens (including phenoxy) is 2. The summed E-state index contributed by atoms with van der Waals surface area (Å²) in [5.41, 5.74) is 3.36. The van der Waals surface area contributed by atoms with Crippen LogP contribution in [0, 0.1) is 6.92 Å². The molecule has 0 atom stereocenters. The van der Waals surface area contributed by atoms with Crippen LogP contribution in [0.5, 0.6) is 11.5 Å². The second kappa shape index (κ2) is 10.1. The third-order valence-electron chi connectivity index (χ3n) is 3.39. The molecule has 0 aromatic heterocycles. The summed E-state index contributed by atoms with van der Waals surface area (Å²) in [7, 11) is 1.64. The number of benzene rings is 2. The van der Waals surface area contributed by atoms with Crippen LogP contribution >= 0.6 is 12.4 Å². The molecule has 2 aromatic rings. The van der Waals surface area contributed by atoms with Gasteiger partial charge in [0.25, 0.3) is 0 Å². The van der Waals surface area contributed by atoms with E-state index in [4.69, 9.17) is 14.6 Å². The summed E-state index contributed by atoms with van der Waals surface area (Å²) < 4.78 is 11.4. The van der Waals surface area contributed by atoms with Crippen LogP contribution < -0.4 is 14.8 Å². The van der Waals surface area contributed by atoms with Crippen LogP contribution in [0.25, 0.3) is 0 Å². The highest BCUT2D eigenvalue weighted by Gasteiger charge is 2.10. The lowest BCUT2D eigenvalue weighted by molar-refractivity contribution is 0.277. The van der Waals surface area contributed by atoms with Gasteiger partial charge in [0.2, 0.25) is 0 Å². The number of methoxy groups -OCH3 is 1. The van der Waals surface area contributed by atoms with E-state index in [1.165, 1.54) is 5.56 Å². The number of aryl methyl sites for hydroxylation is 1. The summed E-state index contributed by atoms with van der Waals surface area (Å²) >= 11 is 0. The first-order valence-electron chi connectivity index (χ1n) is 7.40. The van der Waals surface area contributed by atoms with E-state index in [0.29, 0.717) is 19.7 Å². The molecule has 0 radical (unpaired) electrons. The Morgan fingerprint density at radius 3 is 2.48 bits per heavy atom. The van der Waals surface area contributed by atoms with Gasteiger partial charge in [0.15, 0.2) is 11.5 Å². The van der Waals surface area contributed by atoms with Gasteiger partial charge in [-0.05, 0) is 18.6 Å². The first-order valence-corrected chi connectivity index (χ1v) is 7.40. The average Bonchev–Trinajstić information content (AvgIpc) is 2.55. The van der Waals surface area contributed by atoms with Gasteiger partial charge in [0.1, 0.15) is 6.61 Å². The number of para-hydroxylation sites is 1. The predicted octanol–water partition coefficient (Wildman–Crippen LogP) is 3.09. The zero-order valence-electron chi connectivity index (χ0n) is 13.5. The molecule has 0 aliphatic heterocycles. The fourth-order valence-electron chi connectivity index (χ4n) is 2.17. The molecule has 0 fully saturated rings. The molecule has 2 rings (SSSR count). The second-order valence-electron chi connectivity index (χ2n) is 5.12. The Labute approximate surface area is 143 Å². The Bertz CT molecular complexity index is 587. The van der Waals surface area contributed by atoms with Crippen molar-refractivity contribution in [3.63, 3.8) is 0 Å². The van der Waals surface area contributed by atoms with E-state index < -0.39 is 0 Å². The number of rotatable bonds is 8. The molecule has 4 nitrogen and oxygen atoms in total. The molecule has 2 N–H and O–H groups in total. The molecular formula is C18H24ClNO3. The summed E-state index contributed by atoms with van der Waals surface area (Å²) in [6.07, 6.45) is 0. The highest BCUT2D eigenvalue weighted by Crippen LogP contribution is 2.31. The third-order valence-corrected chi connectivity index (χ3v) is 3.39. The molecule has 0 aliphatic rings. The fourth-order valence-corrected chi connectivity index (χ4v) is 2.17. The number of aliphatic hydroxyl groups excluding tert-OH is 1. The fraction of sp³-hybridized carbons (Fsp3) is 0.333. The highest BCUT2D eigenvalue weighted by atomic mass is 35.5. The normalized spacial score (nSPS) is 10.0. The smallest absolute Gasteiger partial charge is 0.166 e. The largest absolute Gasteiger partial charge is 0.493 e. The summed E-state index contributed by atoms with van der Waals surface area (Å²) in [6.45, 7) is 3.85. The van der Waals surface area contributed by atoms with Crippen LogP contribution in [-0.4, -0.2) is 25.4 Å². The van der Waals surface area contributed by atoms with Crippen molar-refractivity contribution >= 4 is 12.4 Å². The van der Waals surface area contributed by atoms with Gasteiger partial charge >= 0.3 is 0 Å². The van der Waals surface area contributed by atoms with E-state index in [-0.39, 0.29) is 19.0 Å². The van der Waals surface area contributed by atoms with Gasteiger partial charge in [-0.3, -0.25) is 0 Å². The lowest BCUT2D eigenvalue weighted by atomic mass is 10.1. The Kier molecular flexibility index (Phi) is 8.48. The van der Waals surface area contributed by atoms with Crippen LogP contribution in [0.3, 0.4) is 0 Å². The molecule has 126 valence electrons. The molecule has 0 aliphatic carbocycles. The van der Waals surface area contributed by atoms with Gasteiger partial charge in [-0.2, -0.15) is 0 Å². The van der Waals surface area contributed by atoms with Gasteiger partial charge in [-0.1, -0.05) is 42.0 Å². The summed E-state index contributed by atoms with van der Waals surface area (Å²) in [5.74, 6) is 1.46. The van der Waals surface area contributed by atoms with Crippen molar-refractivity contribution in [2.45, 2.75) is 20.1 Å². The molecule has 0 unspecified atom stereocenters. The van der Waals surface area contributed by atoms with Crippen molar-refractivity contribution in [3.8, 4) is 11.5 Å². The Balaban J connectivity index is 0.00000264. The van der Waals surface area contributed by atoms with E-state index in [2.05, 4.69) is 36.5 Å². The van der Waals surface area contributed by atoms with Crippen molar-refractivity contribution in [2.24, 2.45) is 0 Å². The van der Waals surface area contributed by atoms with Gasteiger partial charge in [0, 0.05) is 18.7 Å². The zero-order chi connectivity index (χ0) is 15.8. The Morgan fingerprint density at radius 2 is 1.83 bits per heavy atom. The zero-order valence-corrected chi connectivity index (χ0v) is 14.4. The van der Waals surface area contributed by atoms with E-state index in [0.717, 1.165) is 22.6 Å². The van der Waals surface area contributed by atoms with Crippen molar-refractivity contribution in [2.75, 3.05) is 20.3 Å². The topological polar surface area (TPSA) is 50.7 Å². The van der Waals surface area contributed by atoms with E-state index in [9.17, 15) is 0 Å². The quantitative estimate of drug-likeness (QED) is 0.727. The first kappa shape index (κ1) is 19.3. The SMILES string of the molecule is COc1cccc(CNCCO)c1OCc1ccc(C)cc1.Cl. The maximum Gasteiger partial charge on any atom is 0.166 e. The summed E-state index contributed by atoms with van der Waals surface area (Å²) in [5, 5.41) is 12.0. The van der Waals surface area contributed by atoms with Crippen molar-refractivity contribution in [1.82, 2.24) is 5.32 Å². The maximum absolute atomic E-state index is 8.87. The summed E-state index contributed by atoms with van der Waals surface area (Å²) in [6, 6.07) is 14.1. The van der Waals surface area contributed by atoms with Crippen molar-refractivity contribution < 1.29 is 14.6 Å². The lowest BCUT2D eigenvalue weighted by Gasteiger charge is -2.15. The lowest BCUT2D eigenvalue weighted by Crippen LogP contribution is -2.18. The molecule has 5 heteroatoms. The van der Waals surface area contributed by atoms with Gasteiger partial charge in [-0.25, -0.2) is 0 Å². The van der Waals surface area contributed by atoms with E-state index >= 15 is 0 Å². The molecule has 23 heavy (non-hydrogen) atoms. The van der Waals surface area contributed by atoms with Gasteiger partial charge < -0.3 is 19.9 Å². The first-order chi connectivity index (χ1) is 10.7. The van der Waals surface area contributed by atoms with Gasteiger partial charge in [0.05, 0.1) is 13.7 Å². The van der Waals surface area contributed by atoms with Crippen LogP contribution in [0.1, 0.15) is 16.7 Å². The highest BCUT2D eigenvalue weighted by molar-refractivity contribution is 5.85. The molecule has 0 saturated carbocycles. The number of hydrogen-bond acceptors (Lipinski definition) is 4. The molecule has 0 saturated heterocycles. The van der Waals surface area contributed by atoms with Crippen molar-refractivity contribution in [1.29, 1.82) is 0 Å². The minimum absolute atomic E-state index is 0. The molecule has 0 amide bonds. The van der Waals surface area contributed by atoms with Crippen LogP contribution in [0.2, 0.25) is 0 Å². The molecular weight excluding hydrogens is 314 g/mol.